The maximum absolute atomic E-state index is 13.5. The van der Waals surface area contributed by atoms with Gasteiger partial charge in [-0.2, -0.15) is 57.7 Å². The van der Waals surface area contributed by atoms with E-state index >= 15 is 0 Å². The molecule has 0 saturated carbocycles. The number of carbonyl (C=O) groups excluding carboxylic acids is 2. The van der Waals surface area contributed by atoms with Crippen LogP contribution in [-0.4, -0.2) is 160 Å². The van der Waals surface area contributed by atoms with Gasteiger partial charge >= 0.3 is 86.0 Å². The molecule has 0 aliphatic rings. The summed E-state index contributed by atoms with van der Waals surface area (Å²) in [5.41, 5.74) is 17.0. The van der Waals surface area contributed by atoms with Crippen LogP contribution in [0.15, 0.2) is 175 Å². The van der Waals surface area contributed by atoms with Gasteiger partial charge in [-0.25, -0.2) is 47.0 Å². The van der Waals surface area contributed by atoms with E-state index < -0.39 is 167 Å². The van der Waals surface area contributed by atoms with Crippen molar-refractivity contribution in [3.63, 3.8) is 0 Å². The zero-order valence-electron chi connectivity index (χ0n) is 57.5. The Balaban J connectivity index is 0.000000563. The summed E-state index contributed by atoms with van der Waals surface area (Å²) in [6, 6.07) is 22.5. The van der Waals surface area contributed by atoms with E-state index in [0.717, 1.165) is 56.7 Å². The fraction of sp³-hybridized carbons (Fsp3) is 0.236. The first-order chi connectivity index (χ1) is 49.5. The van der Waals surface area contributed by atoms with Crippen LogP contribution in [0.5, 0.6) is 0 Å². The Labute approximate surface area is 673 Å². The second-order valence-electron chi connectivity index (χ2n) is 20.8. The number of nitrogen functional groups attached to an aromatic ring is 3. The summed E-state index contributed by atoms with van der Waals surface area (Å²) in [5.74, 6) is -3.69. The molecule has 7 rings (SSSR count). The molecule has 1 heterocycles. The number of sulfone groups is 3. The number of hydrogen-bond acceptors (Lipinski definition) is 39. The van der Waals surface area contributed by atoms with Crippen LogP contribution in [0, 0.1) is 12.0 Å². The minimum atomic E-state index is -4.84. The van der Waals surface area contributed by atoms with Crippen LogP contribution in [0.25, 0.3) is 0 Å². The summed E-state index contributed by atoms with van der Waals surface area (Å²) < 4.78 is 285. The average Bonchev–Trinajstić information content (AvgIpc) is 0.794. The van der Waals surface area contributed by atoms with E-state index in [4.69, 9.17) is 26.3 Å². The summed E-state index contributed by atoms with van der Waals surface area (Å²) in [4.78, 5) is 27.3. The predicted molar refractivity (Wildman–Crippen MR) is 371 cm³/mol. The monoisotopic (exact) mass is 1740 g/mol. The fourth-order valence-corrected chi connectivity index (χ4v) is 15.1. The zero-order chi connectivity index (χ0) is 80.3. The molecule has 42 nitrogen and oxygen atoms in total. The van der Waals surface area contributed by atoms with Crippen molar-refractivity contribution in [3.8, 4) is 0 Å². The van der Waals surface area contributed by atoms with E-state index in [1.165, 1.54) is 86.6 Å². The predicted octanol–water partition coefficient (Wildman–Crippen LogP) is 0.0149. The van der Waals surface area contributed by atoms with E-state index in [1.54, 1.807) is 0 Å². The van der Waals surface area contributed by atoms with Gasteiger partial charge in [-0.15, -0.1) is 20.5 Å². The second kappa shape index (κ2) is 42.5. The van der Waals surface area contributed by atoms with Crippen molar-refractivity contribution in [1.82, 2.24) is 9.97 Å². The van der Waals surface area contributed by atoms with Crippen molar-refractivity contribution < 1.29 is 193 Å². The van der Waals surface area contributed by atoms with Gasteiger partial charge in [0, 0.05) is 32.9 Å². The molecular weight excluding hydrogens is 1680 g/mol. The van der Waals surface area contributed by atoms with E-state index in [2.05, 4.69) is 72.2 Å². The number of halogens is 2. The smallest absolute Gasteiger partial charge is 0.870 e. The summed E-state index contributed by atoms with van der Waals surface area (Å²) >= 11 is 0. The molecule has 7 aromatic rings. The number of rotatable bonds is 32. The normalized spacial score (nSPS) is 12.2. The third-order valence-electron chi connectivity index (χ3n) is 12.9. The Bertz CT molecular complexity index is 5620. The molecule has 0 fully saturated rings. The topological polar surface area (TPSA) is 683 Å². The van der Waals surface area contributed by atoms with Crippen LogP contribution in [0.3, 0.4) is 0 Å². The molecule has 110 heavy (non-hydrogen) atoms. The summed E-state index contributed by atoms with van der Waals surface area (Å²) in [6.07, 6.45) is -1.83. The molecule has 55 heteroatoms. The Morgan fingerprint density at radius 1 is 0.500 bits per heavy atom. The third-order valence-corrected chi connectivity index (χ3v) is 23.1. The minimum Gasteiger partial charge on any atom is -0.870 e. The Hall–Kier alpha value is -7.41. The molecule has 590 valence electrons. The summed E-state index contributed by atoms with van der Waals surface area (Å²) in [7, 11) is -35.7. The third kappa shape index (κ3) is 32.0. The first kappa shape index (κ1) is 98.7. The number of aromatic nitrogens is 2. The van der Waals surface area contributed by atoms with Gasteiger partial charge < -0.3 is 50.5 Å². The number of azo groups is 3. The van der Waals surface area contributed by atoms with E-state index in [9.17, 15) is 98.7 Å². The summed E-state index contributed by atoms with van der Waals surface area (Å²) in [6.45, 7) is 0.755. The molecule has 6 aromatic carbocycles. The first-order valence-corrected chi connectivity index (χ1v) is 41.8. The van der Waals surface area contributed by atoms with Gasteiger partial charge in [-0.3, -0.25) is 27.1 Å². The van der Waals surface area contributed by atoms with Gasteiger partial charge in [0.05, 0.1) is 121 Å². The van der Waals surface area contributed by atoms with Crippen LogP contribution in [-0.2, 0) is 137 Å². The molecule has 2 amide bonds. The number of nitrogens with two attached hydrogens (primary N) is 3. The maximum atomic E-state index is 13.5. The minimum absolute atomic E-state index is 0. The summed E-state index contributed by atoms with van der Waals surface area (Å²) in [5, 5.41) is 28.3. The SMILES string of the molecule is COS(=O)(=O)c1cc(N=Nc2ccc(S(=O)(=O)CCCOS(=O)(=O)O)cc2)c(NC(C)=O)cc1N.COS(=O)(=O)c1cc(S(=O)(=O)CCCOS(=O)(=O)O)ccc1N=Nc1ccc(Cc2cc(F)nc(F)n2)cc1NC(C)=O.Nc1cc(N)c(S(=O)(=O)[O-])cc1N=Nc1ccc(S(=O)(=O)CCO[S-](=O)=O)cc1.[Na+].[Na+].[OH-]. The molecule has 0 saturated heterocycles. The molecule has 0 radical (unpaired) electrons. The fourth-order valence-electron chi connectivity index (χ4n) is 8.20. The van der Waals surface area contributed by atoms with Crippen LogP contribution in [0.4, 0.5) is 71.3 Å². The van der Waals surface area contributed by atoms with E-state index in [-0.39, 0.29) is 167 Å². The van der Waals surface area contributed by atoms with Crippen LogP contribution in [0.1, 0.15) is 37.9 Å². The quantitative estimate of drug-likeness (QED) is 0.00336. The maximum Gasteiger partial charge on any atom is 1.00 e. The number of carbonyl (C=O) groups is 2. The standard InChI is InChI=1S/C23H23F2N5O10S3.C18H22N4O10S3.C14H15N4O8S3.2Na.H2O/c1-14(31)26-20-11-15(10-16-12-22(24)28-23(25)27-16)4-6-18(20)29-30-19-7-5-17(13-21(19)42(34,35)39-2)41(32,33)9-3-8-40-43(36,37)38;1-12(23)20-16-10-15(19)18(34(26,27)31-2)11-17(16)22-21-13-4-6-14(7-5-13)33(24,25)9-3-8-32-35(28,29)30;15-11-7-12(16)14(29(23,24)25)8-13(11)18-17-9-1-3-10(4-2-9)28(21,22)6-5-26-27(19)20;;;/h4-7,11-13H,3,8-10H2,1-2H3,(H,26,31)(H,36,37,38);4-7,10-11H,3,8-9,19H2,1-2H3,(H,20,23)(H,28,29,30);1-4,7-8H,5-6,15-16H2,(H,23,24,25);;;1H2/q;;-1;2*+1;/p-2. The first-order valence-electron chi connectivity index (χ1n) is 28.8. The van der Waals surface area contributed by atoms with Crippen LogP contribution in [0.2, 0.25) is 0 Å². The Kier molecular flexibility index (Phi) is 38.1. The number of hydrogen-bond donors (Lipinski definition) is 7. The van der Waals surface area contributed by atoms with Crippen molar-refractivity contribution in [2.24, 2.45) is 30.7 Å². The Morgan fingerprint density at radius 2 is 0.927 bits per heavy atom. The van der Waals surface area contributed by atoms with Gasteiger partial charge in [0.25, 0.3) is 20.2 Å². The molecule has 0 bridgehead atoms. The van der Waals surface area contributed by atoms with E-state index in [1.807, 2.05) is 0 Å². The van der Waals surface area contributed by atoms with Gasteiger partial charge in [0.1, 0.15) is 42.7 Å². The zero-order valence-corrected chi connectivity index (χ0v) is 68.9. The number of nitrogens with one attached hydrogen (secondary N) is 2. The van der Waals surface area contributed by atoms with Crippen molar-refractivity contribution in [3.05, 3.63) is 139 Å². The van der Waals surface area contributed by atoms with Crippen molar-refractivity contribution >= 4 is 166 Å². The average molecular weight is 1740 g/mol. The number of benzene rings is 6. The van der Waals surface area contributed by atoms with Crippen molar-refractivity contribution in [2.75, 3.05) is 79.1 Å². The number of anilines is 5. The Morgan fingerprint density at radius 3 is 1.40 bits per heavy atom. The molecule has 0 aliphatic carbocycles. The molecular formula is C55H60F2N13Na2O29S9-. The van der Waals surface area contributed by atoms with Crippen LogP contribution >= 0.6 is 0 Å². The van der Waals surface area contributed by atoms with Crippen molar-refractivity contribution in [2.45, 2.75) is 62.5 Å². The van der Waals surface area contributed by atoms with Crippen LogP contribution < -0.4 is 86.9 Å². The number of amides is 2. The van der Waals surface area contributed by atoms with E-state index in [0.29, 0.717) is 5.56 Å². The molecule has 1 aromatic heterocycles. The van der Waals surface area contributed by atoms with Gasteiger partial charge in [-0.1, -0.05) is 6.07 Å². The molecule has 0 unspecified atom stereocenters. The largest absolute Gasteiger partial charge is 1.00 e. The molecule has 0 aliphatic heterocycles. The van der Waals surface area contributed by atoms with Crippen molar-refractivity contribution in [1.29, 1.82) is 0 Å². The number of nitrogens with zero attached hydrogens (tertiary/aromatic N) is 8. The second-order valence-corrected chi connectivity index (χ2v) is 34.7. The molecule has 0 atom stereocenters. The van der Waals surface area contributed by atoms with Gasteiger partial charge in [0.2, 0.25) is 17.8 Å². The molecule has 11 N–H and O–H groups in total. The van der Waals surface area contributed by atoms with Gasteiger partial charge in [0.15, 0.2) is 29.5 Å². The van der Waals surface area contributed by atoms with Gasteiger partial charge in [-0.05, 0) is 122 Å². The molecule has 0 spiro atoms.